The second-order valence-corrected chi connectivity index (χ2v) is 5.76. The van der Waals surface area contributed by atoms with Crippen LogP contribution in [0.4, 0.5) is 0 Å². The van der Waals surface area contributed by atoms with Crippen LogP contribution in [0.3, 0.4) is 0 Å². The van der Waals surface area contributed by atoms with Crippen molar-refractivity contribution in [3.8, 4) is 5.69 Å². The molecule has 4 rings (SSSR count). The van der Waals surface area contributed by atoms with Crippen LogP contribution in [0, 0.1) is 0 Å². The molecule has 0 saturated carbocycles. The number of rotatable bonds is 2. The third-order valence-corrected chi connectivity index (χ3v) is 4.28. The summed E-state index contributed by atoms with van der Waals surface area (Å²) in [6, 6.07) is 12.8. The predicted molar refractivity (Wildman–Crippen MR) is 89.1 cm³/mol. The Morgan fingerprint density at radius 2 is 1.83 bits per heavy atom. The second-order valence-electron chi connectivity index (χ2n) is 5.76. The topological polar surface area (TPSA) is 71.0 Å². The van der Waals surface area contributed by atoms with Gasteiger partial charge in [0.2, 0.25) is 0 Å². The lowest BCUT2D eigenvalue weighted by Gasteiger charge is -2.26. The fourth-order valence-electron chi connectivity index (χ4n) is 3.01. The van der Waals surface area contributed by atoms with E-state index in [9.17, 15) is 9.59 Å². The Bertz CT molecular complexity index is 929. The van der Waals surface area contributed by atoms with E-state index in [1.165, 1.54) is 0 Å². The molecule has 1 N–H and O–H groups in total. The van der Waals surface area contributed by atoms with Gasteiger partial charge in [-0.1, -0.05) is 18.2 Å². The van der Waals surface area contributed by atoms with Gasteiger partial charge in [0, 0.05) is 36.6 Å². The number of hydrogen-bond acceptors (Lipinski definition) is 3. The third kappa shape index (κ3) is 2.42. The van der Waals surface area contributed by atoms with Crippen LogP contribution in [0.25, 0.3) is 5.69 Å². The molecular formula is C18H16N4O2. The summed E-state index contributed by atoms with van der Waals surface area (Å²) in [5, 5.41) is 3.17. The lowest BCUT2D eigenvalue weighted by molar-refractivity contribution is 0.0733. The van der Waals surface area contributed by atoms with E-state index in [4.69, 9.17) is 0 Å². The quantitative estimate of drug-likeness (QED) is 0.782. The summed E-state index contributed by atoms with van der Waals surface area (Å²) in [4.78, 5) is 30.9. The maximum Gasteiger partial charge on any atom is 0.276 e. The molecule has 6 heteroatoms. The highest BCUT2D eigenvalue weighted by atomic mass is 16.2. The van der Waals surface area contributed by atoms with E-state index in [1.54, 1.807) is 34.1 Å². The van der Waals surface area contributed by atoms with Gasteiger partial charge in [-0.2, -0.15) is 0 Å². The van der Waals surface area contributed by atoms with Crippen molar-refractivity contribution in [2.75, 3.05) is 6.54 Å². The molecule has 0 fully saturated rings. The van der Waals surface area contributed by atoms with E-state index in [0.717, 1.165) is 11.4 Å². The molecule has 0 spiro atoms. The molecule has 24 heavy (non-hydrogen) atoms. The summed E-state index contributed by atoms with van der Waals surface area (Å²) in [5.74, 6) is -0.0742. The Morgan fingerprint density at radius 3 is 2.58 bits per heavy atom. The van der Waals surface area contributed by atoms with Crippen LogP contribution in [-0.4, -0.2) is 32.1 Å². The molecule has 3 heterocycles. The van der Waals surface area contributed by atoms with E-state index in [2.05, 4.69) is 10.1 Å². The highest BCUT2D eigenvalue weighted by Crippen LogP contribution is 2.18. The molecule has 120 valence electrons. The maximum atomic E-state index is 12.7. The normalized spacial score (nSPS) is 13.6. The fraction of sp³-hybridized carbons (Fsp3) is 0.167. The first-order valence-electron chi connectivity index (χ1n) is 7.81. The van der Waals surface area contributed by atoms with Gasteiger partial charge in [0.15, 0.2) is 0 Å². The van der Waals surface area contributed by atoms with E-state index in [1.807, 2.05) is 30.3 Å². The molecule has 0 unspecified atom stereocenters. The summed E-state index contributed by atoms with van der Waals surface area (Å²) >= 11 is 0. The van der Waals surface area contributed by atoms with Gasteiger partial charge in [0.05, 0.1) is 17.8 Å². The van der Waals surface area contributed by atoms with Crippen molar-refractivity contribution in [1.29, 1.82) is 0 Å². The number of hydrogen-bond donors (Lipinski definition) is 1. The van der Waals surface area contributed by atoms with Gasteiger partial charge in [0.1, 0.15) is 0 Å². The van der Waals surface area contributed by atoms with Crippen LogP contribution in [0.1, 0.15) is 21.6 Å². The number of aromatic nitrogens is 3. The van der Waals surface area contributed by atoms with Gasteiger partial charge in [-0.05, 0) is 24.3 Å². The number of benzene rings is 1. The summed E-state index contributed by atoms with van der Waals surface area (Å²) in [5.41, 5.74) is 2.86. The predicted octanol–water partition coefficient (Wildman–Crippen LogP) is 1.76. The SMILES string of the molecule is O=C(c1ccncc1)N1CCc2[nH]n(-c3ccccc3)c(=O)c2C1. The van der Waals surface area contributed by atoms with Gasteiger partial charge < -0.3 is 4.90 Å². The molecule has 0 saturated heterocycles. The van der Waals surface area contributed by atoms with E-state index >= 15 is 0 Å². The number of nitrogens with one attached hydrogen (secondary N) is 1. The Labute approximate surface area is 138 Å². The van der Waals surface area contributed by atoms with E-state index in [0.29, 0.717) is 30.6 Å². The van der Waals surface area contributed by atoms with Crippen LogP contribution in [0.5, 0.6) is 0 Å². The minimum absolute atomic E-state index is 0.0742. The van der Waals surface area contributed by atoms with Gasteiger partial charge in [-0.3, -0.25) is 19.7 Å². The van der Waals surface area contributed by atoms with Crippen molar-refractivity contribution >= 4 is 5.91 Å². The minimum atomic E-state index is -0.0940. The smallest absolute Gasteiger partial charge is 0.276 e. The first kappa shape index (κ1) is 14.4. The highest BCUT2D eigenvalue weighted by Gasteiger charge is 2.26. The average molecular weight is 320 g/mol. The number of aromatic amines is 1. The lowest BCUT2D eigenvalue weighted by atomic mass is 10.1. The Balaban J connectivity index is 1.65. The number of H-pyrrole nitrogens is 1. The van der Waals surface area contributed by atoms with Gasteiger partial charge in [-0.25, -0.2) is 4.68 Å². The zero-order valence-corrected chi connectivity index (χ0v) is 13.0. The molecular weight excluding hydrogens is 304 g/mol. The molecule has 1 aromatic carbocycles. The highest BCUT2D eigenvalue weighted by molar-refractivity contribution is 5.94. The third-order valence-electron chi connectivity index (χ3n) is 4.28. The van der Waals surface area contributed by atoms with Gasteiger partial charge in [0.25, 0.3) is 11.5 Å². The van der Waals surface area contributed by atoms with Crippen molar-refractivity contribution in [3.05, 3.63) is 82.0 Å². The maximum absolute atomic E-state index is 12.7. The summed E-state index contributed by atoms with van der Waals surface area (Å²) in [6.07, 6.45) is 3.84. The first-order chi connectivity index (χ1) is 11.7. The fourth-order valence-corrected chi connectivity index (χ4v) is 3.01. The van der Waals surface area contributed by atoms with Crippen LogP contribution in [0.15, 0.2) is 59.7 Å². The first-order valence-corrected chi connectivity index (χ1v) is 7.81. The van der Waals surface area contributed by atoms with E-state index in [-0.39, 0.29) is 11.5 Å². The minimum Gasteiger partial charge on any atom is -0.334 e. The van der Waals surface area contributed by atoms with Crippen LogP contribution >= 0.6 is 0 Å². The van der Waals surface area contributed by atoms with Crippen LogP contribution in [-0.2, 0) is 13.0 Å². The molecule has 6 nitrogen and oxygen atoms in total. The molecule has 2 aromatic heterocycles. The van der Waals surface area contributed by atoms with Crippen molar-refractivity contribution in [1.82, 2.24) is 19.7 Å². The van der Waals surface area contributed by atoms with Gasteiger partial charge >= 0.3 is 0 Å². The number of carbonyl (C=O) groups excluding carboxylic acids is 1. The Morgan fingerprint density at radius 1 is 1.08 bits per heavy atom. The number of pyridine rings is 1. The molecule has 0 bridgehead atoms. The Kier molecular flexibility index (Phi) is 3.49. The molecule has 0 aliphatic carbocycles. The number of fused-ring (bicyclic) bond motifs is 1. The van der Waals surface area contributed by atoms with Crippen molar-refractivity contribution < 1.29 is 4.79 Å². The van der Waals surface area contributed by atoms with Crippen molar-refractivity contribution in [3.63, 3.8) is 0 Å². The largest absolute Gasteiger partial charge is 0.334 e. The molecule has 3 aromatic rings. The number of nitrogens with zero attached hydrogens (tertiary/aromatic N) is 3. The molecule has 0 atom stereocenters. The van der Waals surface area contributed by atoms with Crippen LogP contribution in [0.2, 0.25) is 0 Å². The monoisotopic (exact) mass is 320 g/mol. The molecule has 1 aliphatic rings. The number of carbonyl (C=O) groups is 1. The standard InChI is InChI=1S/C18H16N4O2/c23-17(13-6-9-19-10-7-13)21-11-8-16-15(12-21)18(24)22(20-16)14-4-2-1-3-5-14/h1-7,9-10,20H,8,11-12H2. The zero-order valence-electron chi connectivity index (χ0n) is 13.0. The zero-order chi connectivity index (χ0) is 16.5. The lowest BCUT2D eigenvalue weighted by Crippen LogP contribution is -2.37. The second kappa shape index (κ2) is 5.81. The van der Waals surface area contributed by atoms with E-state index < -0.39 is 0 Å². The average Bonchev–Trinajstić information content (AvgIpc) is 2.99. The molecule has 1 aliphatic heterocycles. The molecule has 1 amide bonds. The van der Waals surface area contributed by atoms with Crippen LogP contribution < -0.4 is 5.56 Å². The number of para-hydroxylation sites is 1. The van der Waals surface area contributed by atoms with Gasteiger partial charge in [-0.15, -0.1) is 0 Å². The van der Waals surface area contributed by atoms with Crippen molar-refractivity contribution in [2.24, 2.45) is 0 Å². The Hall–Kier alpha value is -3.15. The summed E-state index contributed by atoms with van der Waals surface area (Å²) in [6.45, 7) is 0.911. The summed E-state index contributed by atoms with van der Waals surface area (Å²) < 4.78 is 1.55. The summed E-state index contributed by atoms with van der Waals surface area (Å²) in [7, 11) is 0. The molecule has 0 radical (unpaired) electrons. The van der Waals surface area contributed by atoms with Crippen molar-refractivity contribution in [2.45, 2.75) is 13.0 Å². The number of amides is 1.